The van der Waals surface area contributed by atoms with E-state index in [0.29, 0.717) is 26.6 Å². The van der Waals surface area contributed by atoms with Crippen molar-refractivity contribution in [2.24, 2.45) is 4.99 Å². The number of carbonyl (C=O) groups is 2. The van der Waals surface area contributed by atoms with Crippen LogP contribution in [0.4, 0.5) is 5.69 Å². The maximum Gasteiger partial charge on any atom is 0.339 e. The summed E-state index contributed by atoms with van der Waals surface area (Å²) in [5.74, 6) is -0.171. The third kappa shape index (κ3) is 4.31. The van der Waals surface area contributed by atoms with Gasteiger partial charge in [-0.2, -0.15) is 0 Å². The van der Waals surface area contributed by atoms with Gasteiger partial charge in [-0.05, 0) is 76.1 Å². The summed E-state index contributed by atoms with van der Waals surface area (Å²) >= 11 is 9.41. The Kier molecular flexibility index (Phi) is 6.02. The van der Waals surface area contributed by atoms with Crippen molar-refractivity contribution in [3.8, 4) is 0 Å². The van der Waals surface area contributed by atoms with Crippen LogP contribution in [0.5, 0.6) is 0 Å². The number of amidine groups is 1. The largest absolute Gasteiger partial charge is 0.465 e. The molecule has 3 aromatic carbocycles. The van der Waals surface area contributed by atoms with E-state index in [4.69, 9.17) is 16.3 Å². The molecule has 154 valence electrons. The quantitative estimate of drug-likeness (QED) is 0.343. The second kappa shape index (κ2) is 8.88. The molecule has 1 amide bonds. The van der Waals surface area contributed by atoms with Crippen LogP contribution in [-0.2, 0) is 9.53 Å². The monoisotopic (exact) mass is 494 g/mol. The molecule has 0 aromatic heterocycles. The van der Waals surface area contributed by atoms with Crippen LogP contribution in [-0.4, -0.2) is 24.8 Å². The Morgan fingerprint density at radius 3 is 2.42 bits per heavy atom. The van der Waals surface area contributed by atoms with E-state index in [-0.39, 0.29) is 11.6 Å². The smallest absolute Gasteiger partial charge is 0.339 e. The number of esters is 1. The Morgan fingerprint density at radius 1 is 1.06 bits per heavy atom. The van der Waals surface area contributed by atoms with Crippen LogP contribution in [0.2, 0.25) is 5.02 Å². The Morgan fingerprint density at radius 2 is 1.77 bits per heavy atom. The minimum absolute atomic E-state index is 0.246. The molecule has 4 rings (SSSR count). The number of amides is 1. The van der Waals surface area contributed by atoms with E-state index in [1.807, 2.05) is 42.5 Å². The number of anilines is 1. The van der Waals surface area contributed by atoms with Crippen LogP contribution < -0.4 is 4.90 Å². The molecule has 0 bridgehead atoms. The first-order valence-electron chi connectivity index (χ1n) is 9.31. The standard InChI is InChI=1S/C24H16BrClN2O3/c1-31-24(30)19-12-7-15(13-20(19)25)14-21-23(29)28(18-5-3-2-4-6-18)22(27-21)16-8-10-17(26)11-9-16/h2-14H,1H3/b21-14+. The normalized spacial score (nSPS) is 14.7. The van der Waals surface area contributed by atoms with E-state index in [0.717, 1.165) is 11.1 Å². The average molecular weight is 496 g/mol. The fourth-order valence-electron chi connectivity index (χ4n) is 3.18. The molecule has 0 aliphatic carbocycles. The number of halogens is 2. The van der Waals surface area contributed by atoms with E-state index in [9.17, 15) is 9.59 Å². The molecule has 1 aliphatic heterocycles. The predicted octanol–water partition coefficient (Wildman–Crippen LogP) is 5.72. The molecule has 1 aliphatic rings. The van der Waals surface area contributed by atoms with Crippen molar-refractivity contribution in [1.82, 2.24) is 0 Å². The predicted molar refractivity (Wildman–Crippen MR) is 125 cm³/mol. The van der Waals surface area contributed by atoms with Crippen molar-refractivity contribution in [3.05, 3.63) is 105 Å². The van der Waals surface area contributed by atoms with Gasteiger partial charge in [-0.3, -0.25) is 9.69 Å². The van der Waals surface area contributed by atoms with Gasteiger partial charge in [-0.25, -0.2) is 9.79 Å². The van der Waals surface area contributed by atoms with Crippen LogP contribution in [0.3, 0.4) is 0 Å². The highest BCUT2D eigenvalue weighted by Gasteiger charge is 2.32. The van der Waals surface area contributed by atoms with Gasteiger partial charge in [0.2, 0.25) is 0 Å². The average Bonchev–Trinajstić information content (AvgIpc) is 3.10. The number of aliphatic imine (C=N–C) groups is 1. The number of nitrogens with zero attached hydrogens (tertiary/aromatic N) is 2. The molecule has 0 N–H and O–H groups in total. The Balaban J connectivity index is 1.78. The summed E-state index contributed by atoms with van der Waals surface area (Å²) in [4.78, 5) is 31.3. The van der Waals surface area contributed by atoms with Crippen molar-refractivity contribution in [2.45, 2.75) is 0 Å². The number of benzene rings is 3. The van der Waals surface area contributed by atoms with Gasteiger partial charge in [0.25, 0.3) is 5.91 Å². The molecule has 0 saturated carbocycles. The zero-order chi connectivity index (χ0) is 22.0. The number of hydrogen-bond donors (Lipinski definition) is 0. The van der Waals surface area contributed by atoms with Crippen molar-refractivity contribution < 1.29 is 14.3 Å². The first-order valence-corrected chi connectivity index (χ1v) is 10.5. The van der Waals surface area contributed by atoms with Crippen molar-refractivity contribution >= 4 is 57.0 Å². The van der Waals surface area contributed by atoms with E-state index in [1.54, 1.807) is 41.3 Å². The second-order valence-electron chi connectivity index (χ2n) is 6.68. The van der Waals surface area contributed by atoms with Crippen molar-refractivity contribution in [3.63, 3.8) is 0 Å². The van der Waals surface area contributed by atoms with Gasteiger partial charge >= 0.3 is 5.97 Å². The minimum Gasteiger partial charge on any atom is -0.465 e. The lowest BCUT2D eigenvalue weighted by Gasteiger charge is -2.18. The molecule has 31 heavy (non-hydrogen) atoms. The summed E-state index contributed by atoms with van der Waals surface area (Å²) in [6.45, 7) is 0. The van der Waals surface area contributed by atoms with Crippen LogP contribution in [0, 0.1) is 0 Å². The zero-order valence-corrected chi connectivity index (χ0v) is 18.7. The van der Waals surface area contributed by atoms with Gasteiger partial charge < -0.3 is 4.74 Å². The molecule has 1 heterocycles. The van der Waals surface area contributed by atoms with Gasteiger partial charge in [0.15, 0.2) is 0 Å². The molecule has 5 nitrogen and oxygen atoms in total. The van der Waals surface area contributed by atoms with E-state index < -0.39 is 5.97 Å². The van der Waals surface area contributed by atoms with Crippen LogP contribution in [0.15, 0.2) is 88.0 Å². The number of para-hydroxylation sites is 1. The molecule has 0 spiro atoms. The summed E-state index contributed by atoms with van der Waals surface area (Å²) in [6.07, 6.45) is 1.69. The first kappa shape index (κ1) is 21.0. The fourth-order valence-corrected chi connectivity index (χ4v) is 3.86. The van der Waals surface area contributed by atoms with E-state index in [1.165, 1.54) is 7.11 Å². The SMILES string of the molecule is COC(=O)c1ccc(/C=C2/N=C(c3ccc(Cl)cc3)N(c3ccccc3)C2=O)cc1Br. The highest BCUT2D eigenvalue weighted by molar-refractivity contribution is 9.10. The first-order chi connectivity index (χ1) is 15.0. The molecule has 0 saturated heterocycles. The van der Waals surface area contributed by atoms with Gasteiger partial charge in [-0.15, -0.1) is 0 Å². The molecule has 0 fully saturated rings. The number of rotatable bonds is 4. The Bertz CT molecular complexity index is 1220. The number of hydrogen-bond acceptors (Lipinski definition) is 4. The molecule has 7 heteroatoms. The molecule has 0 atom stereocenters. The highest BCUT2D eigenvalue weighted by Crippen LogP contribution is 2.29. The third-order valence-electron chi connectivity index (χ3n) is 4.68. The maximum absolute atomic E-state index is 13.3. The Hall–Kier alpha value is -3.22. The summed E-state index contributed by atoms with van der Waals surface area (Å²) < 4.78 is 5.34. The molecule has 0 unspecified atom stereocenters. The van der Waals surface area contributed by atoms with Gasteiger partial charge in [0.1, 0.15) is 11.5 Å². The van der Waals surface area contributed by atoms with E-state index in [2.05, 4.69) is 20.9 Å². The molecular weight excluding hydrogens is 480 g/mol. The summed E-state index contributed by atoms with van der Waals surface area (Å²) in [7, 11) is 1.33. The maximum atomic E-state index is 13.3. The summed E-state index contributed by atoms with van der Waals surface area (Å²) in [5, 5.41) is 0.603. The van der Waals surface area contributed by atoms with Gasteiger partial charge in [0.05, 0.1) is 18.4 Å². The number of carbonyl (C=O) groups excluding carboxylic acids is 2. The van der Waals surface area contributed by atoms with Gasteiger partial charge in [0, 0.05) is 15.1 Å². The second-order valence-corrected chi connectivity index (χ2v) is 7.97. The number of ether oxygens (including phenoxy) is 1. The Labute approximate surface area is 192 Å². The summed E-state index contributed by atoms with van der Waals surface area (Å²) in [6, 6.07) is 21.6. The lowest BCUT2D eigenvalue weighted by atomic mass is 10.1. The number of methoxy groups -OCH3 is 1. The van der Waals surface area contributed by atoms with Crippen LogP contribution >= 0.6 is 27.5 Å². The molecular formula is C24H16BrClN2O3. The van der Waals surface area contributed by atoms with Crippen LogP contribution in [0.1, 0.15) is 21.5 Å². The highest BCUT2D eigenvalue weighted by atomic mass is 79.9. The summed E-state index contributed by atoms with van der Waals surface area (Å²) in [5.41, 5.74) is 2.89. The van der Waals surface area contributed by atoms with Crippen LogP contribution in [0.25, 0.3) is 6.08 Å². The third-order valence-corrected chi connectivity index (χ3v) is 5.59. The molecule has 3 aromatic rings. The lowest BCUT2D eigenvalue weighted by molar-refractivity contribution is -0.113. The lowest BCUT2D eigenvalue weighted by Crippen LogP contribution is -2.32. The van der Waals surface area contributed by atoms with Crippen molar-refractivity contribution in [2.75, 3.05) is 12.0 Å². The topological polar surface area (TPSA) is 59.0 Å². The van der Waals surface area contributed by atoms with E-state index >= 15 is 0 Å². The van der Waals surface area contributed by atoms with Crippen molar-refractivity contribution in [1.29, 1.82) is 0 Å². The molecule has 0 radical (unpaired) electrons. The minimum atomic E-state index is -0.443. The zero-order valence-electron chi connectivity index (χ0n) is 16.4. The van der Waals surface area contributed by atoms with Gasteiger partial charge in [-0.1, -0.05) is 35.9 Å². The fraction of sp³-hybridized carbons (Fsp3) is 0.0417.